The largest absolute Gasteiger partial charge is 0.491 e. The fourth-order valence-corrected chi connectivity index (χ4v) is 4.17. The van der Waals surface area contributed by atoms with Crippen molar-refractivity contribution in [3.8, 4) is 5.75 Å². The molecule has 28 heavy (non-hydrogen) atoms. The standard InChI is InChI=1S/C19H22Cl2N2O4S/c1-12(2)27-16-8-6-15(7-9-16)22-19(24)13(3)23(28(4,25)26)18-11-14(20)5-10-17(18)21/h5-13H,1-4H3,(H,22,24)/t13-/m0/s1. The van der Waals surface area contributed by atoms with Gasteiger partial charge in [0.15, 0.2) is 0 Å². The molecule has 0 aromatic heterocycles. The minimum Gasteiger partial charge on any atom is -0.491 e. The summed E-state index contributed by atoms with van der Waals surface area (Å²) >= 11 is 12.1. The van der Waals surface area contributed by atoms with E-state index >= 15 is 0 Å². The molecular formula is C19H22Cl2N2O4S. The molecule has 1 atom stereocenters. The highest BCUT2D eigenvalue weighted by Crippen LogP contribution is 2.32. The molecule has 0 unspecified atom stereocenters. The molecule has 0 fully saturated rings. The Morgan fingerprint density at radius 2 is 1.68 bits per heavy atom. The first-order chi connectivity index (χ1) is 13.0. The number of benzene rings is 2. The van der Waals surface area contributed by atoms with Gasteiger partial charge in [0.25, 0.3) is 0 Å². The van der Waals surface area contributed by atoms with Crippen molar-refractivity contribution >= 4 is 50.5 Å². The van der Waals surface area contributed by atoms with Gasteiger partial charge in [-0.3, -0.25) is 9.10 Å². The van der Waals surface area contributed by atoms with Crippen LogP contribution in [-0.2, 0) is 14.8 Å². The Morgan fingerprint density at radius 1 is 1.07 bits per heavy atom. The second-order valence-corrected chi connectivity index (χ2v) is 9.21. The van der Waals surface area contributed by atoms with Crippen LogP contribution in [-0.4, -0.2) is 32.7 Å². The molecule has 0 bridgehead atoms. The molecule has 0 aliphatic carbocycles. The lowest BCUT2D eigenvalue weighted by atomic mass is 10.2. The lowest BCUT2D eigenvalue weighted by Crippen LogP contribution is -2.45. The van der Waals surface area contributed by atoms with Crippen molar-refractivity contribution in [2.24, 2.45) is 0 Å². The van der Waals surface area contributed by atoms with E-state index in [1.54, 1.807) is 30.3 Å². The number of anilines is 2. The Labute approximate surface area is 175 Å². The summed E-state index contributed by atoms with van der Waals surface area (Å²) < 4.78 is 31.2. The van der Waals surface area contributed by atoms with E-state index in [1.807, 2.05) is 13.8 Å². The van der Waals surface area contributed by atoms with Crippen LogP contribution in [0.15, 0.2) is 42.5 Å². The van der Waals surface area contributed by atoms with E-state index < -0.39 is 22.0 Å². The summed E-state index contributed by atoms with van der Waals surface area (Å²) in [5, 5.41) is 3.18. The number of hydrogen-bond donors (Lipinski definition) is 1. The molecule has 0 aliphatic rings. The molecular weight excluding hydrogens is 423 g/mol. The molecule has 152 valence electrons. The number of halogens is 2. The van der Waals surface area contributed by atoms with Crippen LogP contribution in [0.4, 0.5) is 11.4 Å². The molecule has 2 rings (SSSR count). The Bertz CT molecular complexity index is 947. The van der Waals surface area contributed by atoms with E-state index in [9.17, 15) is 13.2 Å². The summed E-state index contributed by atoms with van der Waals surface area (Å²) in [5.41, 5.74) is 0.651. The van der Waals surface area contributed by atoms with Crippen LogP contribution in [0.25, 0.3) is 0 Å². The quantitative estimate of drug-likeness (QED) is 0.677. The van der Waals surface area contributed by atoms with Crippen molar-refractivity contribution in [3.63, 3.8) is 0 Å². The van der Waals surface area contributed by atoms with Gasteiger partial charge in [-0.2, -0.15) is 0 Å². The molecule has 1 N–H and O–H groups in total. The van der Waals surface area contributed by atoms with Gasteiger partial charge < -0.3 is 10.1 Å². The monoisotopic (exact) mass is 444 g/mol. The zero-order valence-electron chi connectivity index (χ0n) is 15.9. The van der Waals surface area contributed by atoms with Crippen LogP contribution in [0.1, 0.15) is 20.8 Å². The number of carbonyl (C=O) groups is 1. The fraction of sp³-hybridized carbons (Fsp3) is 0.316. The number of nitrogens with one attached hydrogen (secondary N) is 1. The normalized spacial score (nSPS) is 12.5. The van der Waals surface area contributed by atoms with Gasteiger partial charge in [0.2, 0.25) is 15.9 Å². The highest BCUT2D eigenvalue weighted by molar-refractivity contribution is 7.92. The maximum absolute atomic E-state index is 12.7. The second kappa shape index (κ2) is 9.03. The number of sulfonamides is 1. The van der Waals surface area contributed by atoms with Crippen LogP contribution in [0.2, 0.25) is 10.0 Å². The van der Waals surface area contributed by atoms with E-state index in [0.29, 0.717) is 16.5 Å². The van der Waals surface area contributed by atoms with Gasteiger partial charge in [0.05, 0.1) is 23.1 Å². The van der Waals surface area contributed by atoms with E-state index in [2.05, 4.69) is 5.32 Å². The van der Waals surface area contributed by atoms with E-state index in [4.69, 9.17) is 27.9 Å². The van der Waals surface area contributed by atoms with Gasteiger partial charge >= 0.3 is 0 Å². The number of amides is 1. The minimum atomic E-state index is -3.80. The first kappa shape index (κ1) is 22.3. The summed E-state index contributed by atoms with van der Waals surface area (Å²) in [6, 6.07) is 10.2. The van der Waals surface area contributed by atoms with Crippen molar-refractivity contribution in [2.75, 3.05) is 15.9 Å². The molecule has 9 heteroatoms. The molecule has 1 amide bonds. The second-order valence-electron chi connectivity index (χ2n) is 6.51. The smallest absolute Gasteiger partial charge is 0.247 e. The minimum absolute atomic E-state index is 0.0335. The Balaban J connectivity index is 2.26. The van der Waals surface area contributed by atoms with Crippen LogP contribution >= 0.6 is 23.2 Å². The van der Waals surface area contributed by atoms with Gasteiger partial charge in [-0.05, 0) is 63.2 Å². The molecule has 0 saturated heterocycles. The van der Waals surface area contributed by atoms with Crippen molar-refractivity contribution < 1.29 is 17.9 Å². The lowest BCUT2D eigenvalue weighted by Gasteiger charge is -2.29. The average Bonchev–Trinajstić information content (AvgIpc) is 2.58. The summed E-state index contributed by atoms with van der Waals surface area (Å²) in [5.74, 6) is 0.156. The van der Waals surface area contributed by atoms with Gasteiger partial charge in [-0.1, -0.05) is 23.2 Å². The predicted molar refractivity (Wildman–Crippen MR) is 114 cm³/mol. The summed E-state index contributed by atoms with van der Waals surface area (Å²) in [4.78, 5) is 12.7. The average molecular weight is 445 g/mol. The highest BCUT2D eigenvalue weighted by atomic mass is 35.5. The molecule has 0 heterocycles. The van der Waals surface area contributed by atoms with Gasteiger partial charge in [-0.15, -0.1) is 0 Å². The van der Waals surface area contributed by atoms with Gasteiger partial charge in [-0.25, -0.2) is 8.42 Å². The molecule has 2 aromatic carbocycles. The molecule has 0 spiro atoms. The van der Waals surface area contributed by atoms with E-state index in [-0.39, 0.29) is 16.8 Å². The third-order valence-corrected chi connectivity index (χ3v) is 5.51. The molecule has 2 aromatic rings. The third-order valence-electron chi connectivity index (χ3n) is 3.73. The number of ether oxygens (including phenoxy) is 1. The first-order valence-corrected chi connectivity index (χ1v) is 11.1. The molecule has 0 radical (unpaired) electrons. The SMILES string of the molecule is CC(C)Oc1ccc(NC(=O)[C@H](C)N(c2cc(Cl)ccc2Cl)S(C)(=O)=O)cc1. The maximum Gasteiger partial charge on any atom is 0.247 e. The van der Waals surface area contributed by atoms with Crippen LogP contribution in [0.3, 0.4) is 0 Å². The Kier molecular flexibility index (Phi) is 7.20. The van der Waals surface area contributed by atoms with E-state index in [1.165, 1.54) is 19.1 Å². The van der Waals surface area contributed by atoms with Crippen LogP contribution in [0.5, 0.6) is 5.75 Å². The van der Waals surface area contributed by atoms with Crippen LogP contribution < -0.4 is 14.4 Å². The number of carbonyl (C=O) groups excluding carboxylic acids is 1. The molecule has 0 saturated carbocycles. The van der Waals surface area contributed by atoms with Crippen LogP contribution in [0, 0.1) is 0 Å². The fourth-order valence-electron chi connectivity index (χ4n) is 2.57. The number of hydrogen-bond acceptors (Lipinski definition) is 4. The lowest BCUT2D eigenvalue weighted by molar-refractivity contribution is -0.116. The van der Waals surface area contributed by atoms with E-state index in [0.717, 1.165) is 10.6 Å². The zero-order chi connectivity index (χ0) is 21.1. The summed E-state index contributed by atoms with van der Waals surface area (Å²) in [7, 11) is -3.80. The van der Waals surface area contributed by atoms with Crippen molar-refractivity contribution in [1.82, 2.24) is 0 Å². The predicted octanol–water partition coefficient (Wildman–Crippen LogP) is 4.57. The Morgan fingerprint density at radius 3 is 2.21 bits per heavy atom. The van der Waals surface area contributed by atoms with Crippen molar-refractivity contribution in [3.05, 3.63) is 52.5 Å². The van der Waals surface area contributed by atoms with Crippen molar-refractivity contribution in [2.45, 2.75) is 32.9 Å². The van der Waals surface area contributed by atoms with Crippen molar-refractivity contribution in [1.29, 1.82) is 0 Å². The topological polar surface area (TPSA) is 75.7 Å². The first-order valence-electron chi connectivity index (χ1n) is 8.51. The maximum atomic E-state index is 12.7. The van der Waals surface area contributed by atoms with Gasteiger partial charge in [0.1, 0.15) is 11.8 Å². The van der Waals surface area contributed by atoms with Gasteiger partial charge in [0, 0.05) is 10.7 Å². The number of rotatable bonds is 7. The number of nitrogens with zero attached hydrogens (tertiary/aromatic N) is 1. The highest BCUT2D eigenvalue weighted by Gasteiger charge is 2.30. The summed E-state index contributed by atoms with van der Waals surface area (Å²) in [6.45, 7) is 5.31. The zero-order valence-corrected chi connectivity index (χ0v) is 18.3. The third kappa shape index (κ3) is 5.77. The Hall–Kier alpha value is -1.96. The molecule has 6 nitrogen and oxygen atoms in total. The molecule has 0 aliphatic heterocycles. The summed E-state index contributed by atoms with van der Waals surface area (Å²) in [6.07, 6.45) is 1.04.